The van der Waals surface area contributed by atoms with E-state index in [1.54, 1.807) is 12.5 Å². The van der Waals surface area contributed by atoms with Gasteiger partial charge >= 0.3 is 0 Å². The summed E-state index contributed by atoms with van der Waals surface area (Å²) in [7, 11) is 0. The van der Waals surface area contributed by atoms with Gasteiger partial charge in [-0.3, -0.25) is 4.79 Å². The van der Waals surface area contributed by atoms with Crippen molar-refractivity contribution in [1.82, 2.24) is 4.98 Å². The molecule has 1 aliphatic carbocycles. The van der Waals surface area contributed by atoms with Gasteiger partial charge in [0.25, 0.3) is 0 Å². The smallest absolute Gasteiger partial charge is 0.226 e. The number of furan rings is 2. The van der Waals surface area contributed by atoms with Crippen LogP contribution in [0, 0.1) is 5.92 Å². The van der Waals surface area contributed by atoms with Gasteiger partial charge in [-0.1, -0.05) is 24.2 Å². The Morgan fingerprint density at radius 3 is 2.54 bits per heavy atom. The number of amides is 1. The third kappa shape index (κ3) is 3.14. The highest BCUT2D eigenvalue weighted by molar-refractivity contribution is 7.19. The number of hydrogen-bond acceptors (Lipinski definition) is 5. The zero-order valence-electron chi connectivity index (χ0n) is 13.2. The van der Waals surface area contributed by atoms with Crippen molar-refractivity contribution in [2.24, 2.45) is 5.92 Å². The number of carbonyl (C=O) groups is 1. The quantitative estimate of drug-likeness (QED) is 0.693. The maximum atomic E-state index is 12.3. The summed E-state index contributed by atoms with van der Waals surface area (Å²) >= 11 is 1.40. The molecule has 0 aromatic carbocycles. The molecule has 4 rings (SSSR count). The maximum Gasteiger partial charge on any atom is 0.226 e. The van der Waals surface area contributed by atoms with E-state index in [1.165, 1.54) is 24.2 Å². The summed E-state index contributed by atoms with van der Waals surface area (Å²) < 4.78 is 11.0. The van der Waals surface area contributed by atoms with Gasteiger partial charge in [0.2, 0.25) is 5.91 Å². The van der Waals surface area contributed by atoms with Crippen molar-refractivity contribution >= 4 is 22.4 Å². The van der Waals surface area contributed by atoms with E-state index in [0.29, 0.717) is 28.9 Å². The van der Waals surface area contributed by atoms with Gasteiger partial charge in [-0.2, -0.15) is 0 Å². The molecule has 0 radical (unpaired) electrons. The standard InChI is InChI=1S/C18H18N2O3S/c21-15(11-12-5-1-2-6-12)19-18-20-16(13-7-3-9-22-13)17(24-18)14-8-4-10-23-14/h3-4,7-10,12H,1-2,5-6,11H2,(H,19,20,21). The Balaban J connectivity index is 1.57. The topological polar surface area (TPSA) is 68.3 Å². The zero-order chi connectivity index (χ0) is 16.4. The number of thiazole rings is 1. The van der Waals surface area contributed by atoms with Gasteiger partial charge in [0.05, 0.1) is 12.5 Å². The Morgan fingerprint density at radius 2 is 1.88 bits per heavy atom. The van der Waals surface area contributed by atoms with E-state index in [9.17, 15) is 4.79 Å². The number of aromatic nitrogens is 1. The monoisotopic (exact) mass is 342 g/mol. The molecule has 5 nitrogen and oxygen atoms in total. The molecule has 6 heteroatoms. The van der Waals surface area contributed by atoms with Crippen molar-refractivity contribution in [1.29, 1.82) is 0 Å². The average Bonchev–Trinajstić information content (AvgIpc) is 3.35. The highest BCUT2D eigenvalue weighted by atomic mass is 32.1. The minimum absolute atomic E-state index is 0.0349. The summed E-state index contributed by atoms with van der Waals surface area (Å²) in [6.45, 7) is 0. The summed E-state index contributed by atoms with van der Waals surface area (Å²) in [5.41, 5.74) is 0.691. The predicted octanol–water partition coefficient (Wildman–Crippen LogP) is 5.18. The SMILES string of the molecule is O=C(CC1CCCC1)Nc1nc(-c2ccco2)c(-c2ccco2)s1. The third-order valence-corrected chi connectivity index (χ3v) is 5.31. The van der Waals surface area contributed by atoms with E-state index < -0.39 is 0 Å². The molecular weight excluding hydrogens is 324 g/mol. The Hall–Kier alpha value is -2.34. The van der Waals surface area contributed by atoms with E-state index in [1.807, 2.05) is 24.3 Å². The normalized spacial score (nSPS) is 15.0. The zero-order valence-corrected chi connectivity index (χ0v) is 14.0. The summed E-state index contributed by atoms with van der Waals surface area (Å²) in [6.07, 6.45) is 8.59. The van der Waals surface area contributed by atoms with Crippen LogP contribution in [0.15, 0.2) is 45.6 Å². The molecule has 0 atom stereocenters. The van der Waals surface area contributed by atoms with E-state index in [4.69, 9.17) is 8.83 Å². The lowest BCUT2D eigenvalue weighted by molar-refractivity contribution is -0.117. The molecule has 1 amide bonds. The van der Waals surface area contributed by atoms with Gasteiger partial charge in [0, 0.05) is 6.42 Å². The van der Waals surface area contributed by atoms with Crippen molar-refractivity contribution < 1.29 is 13.6 Å². The molecule has 1 saturated carbocycles. The van der Waals surface area contributed by atoms with Crippen molar-refractivity contribution in [2.45, 2.75) is 32.1 Å². The molecule has 0 unspecified atom stereocenters. The summed E-state index contributed by atoms with van der Waals surface area (Å²) in [6, 6.07) is 7.38. The first-order chi connectivity index (χ1) is 11.8. The first-order valence-electron chi connectivity index (χ1n) is 8.18. The van der Waals surface area contributed by atoms with Crippen LogP contribution in [0.25, 0.3) is 22.1 Å². The third-order valence-electron chi connectivity index (χ3n) is 4.32. The van der Waals surface area contributed by atoms with Crippen molar-refractivity contribution in [3.63, 3.8) is 0 Å². The first kappa shape index (κ1) is 15.2. The molecule has 124 valence electrons. The minimum atomic E-state index is 0.0349. The predicted molar refractivity (Wildman–Crippen MR) is 92.7 cm³/mol. The van der Waals surface area contributed by atoms with Crippen LogP contribution in [0.3, 0.4) is 0 Å². The molecule has 3 aromatic heterocycles. The number of anilines is 1. The van der Waals surface area contributed by atoms with Crippen LogP contribution in [0.1, 0.15) is 32.1 Å². The lowest BCUT2D eigenvalue weighted by Gasteiger charge is -2.07. The minimum Gasteiger partial charge on any atom is -0.463 e. The molecule has 1 N–H and O–H groups in total. The van der Waals surface area contributed by atoms with Gasteiger partial charge < -0.3 is 14.2 Å². The van der Waals surface area contributed by atoms with Gasteiger partial charge in [-0.15, -0.1) is 0 Å². The number of hydrogen-bond donors (Lipinski definition) is 1. The largest absolute Gasteiger partial charge is 0.463 e. The van der Waals surface area contributed by atoms with Gasteiger partial charge in [0.15, 0.2) is 10.9 Å². The van der Waals surface area contributed by atoms with Crippen LogP contribution in [0.4, 0.5) is 5.13 Å². The molecule has 24 heavy (non-hydrogen) atoms. The second kappa shape index (κ2) is 6.65. The molecule has 1 aliphatic rings. The second-order valence-corrected chi connectivity index (χ2v) is 7.05. The number of nitrogens with one attached hydrogen (secondary N) is 1. The van der Waals surface area contributed by atoms with E-state index >= 15 is 0 Å². The number of carbonyl (C=O) groups excluding carboxylic acids is 1. The highest BCUT2D eigenvalue weighted by Gasteiger charge is 2.22. The van der Waals surface area contributed by atoms with Gasteiger partial charge in [-0.25, -0.2) is 4.98 Å². The fourth-order valence-corrected chi connectivity index (χ4v) is 4.13. The van der Waals surface area contributed by atoms with Crippen LogP contribution in [0.5, 0.6) is 0 Å². The van der Waals surface area contributed by atoms with E-state index in [-0.39, 0.29) is 5.91 Å². The molecular formula is C18H18N2O3S. The van der Waals surface area contributed by atoms with E-state index in [0.717, 1.165) is 23.5 Å². The summed E-state index contributed by atoms with van der Waals surface area (Å²) in [5, 5.41) is 3.52. The molecule has 0 saturated heterocycles. The Labute approximate surface area is 143 Å². The lowest BCUT2D eigenvalue weighted by Crippen LogP contribution is -2.14. The molecule has 0 spiro atoms. The van der Waals surface area contributed by atoms with Crippen molar-refractivity contribution in [3.05, 3.63) is 36.8 Å². The highest BCUT2D eigenvalue weighted by Crippen LogP contribution is 2.39. The van der Waals surface area contributed by atoms with Crippen molar-refractivity contribution in [3.8, 4) is 22.1 Å². The van der Waals surface area contributed by atoms with Crippen LogP contribution < -0.4 is 5.32 Å². The number of rotatable bonds is 5. The van der Waals surface area contributed by atoms with Crippen molar-refractivity contribution in [2.75, 3.05) is 5.32 Å². The van der Waals surface area contributed by atoms with Crippen LogP contribution in [-0.2, 0) is 4.79 Å². The first-order valence-corrected chi connectivity index (χ1v) is 8.99. The van der Waals surface area contributed by atoms with Crippen LogP contribution >= 0.6 is 11.3 Å². The fourth-order valence-electron chi connectivity index (χ4n) is 3.18. The summed E-state index contributed by atoms with van der Waals surface area (Å²) in [5.74, 6) is 1.93. The number of nitrogens with zero attached hydrogens (tertiary/aromatic N) is 1. The average molecular weight is 342 g/mol. The Bertz CT molecular complexity index is 748. The molecule has 3 aromatic rings. The maximum absolute atomic E-state index is 12.3. The molecule has 0 aliphatic heterocycles. The summed E-state index contributed by atoms with van der Waals surface area (Å²) in [4.78, 5) is 17.7. The molecule has 1 fully saturated rings. The second-order valence-electron chi connectivity index (χ2n) is 6.05. The van der Waals surface area contributed by atoms with Gasteiger partial charge in [0.1, 0.15) is 16.3 Å². The van der Waals surface area contributed by atoms with Crippen LogP contribution in [0.2, 0.25) is 0 Å². The Kier molecular flexibility index (Phi) is 4.21. The lowest BCUT2D eigenvalue weighted by atomic mass is 10.0. The van der Waals surface area contributed by atoms with Crippen LogP contribution in [-0.4, -0.2) is 10.9 Å². The Morgan fingerprint density at radius 1 is 1.17 bits per heavy atom. The fraction of sp³-hybridized carbons (Fsp3) is 0.333. The molecule has 3 heterocycles. The van der Waals surface area contributed by atoms with Gasteiger partial charge in [-0.05, 0) is 43.0 Å². The van der Waals surface area contributed by atoms with E-state index in [2.05, 4.69) is 10.3 Å². The molecule has 0 bridgehead atoms.